The number of amides is 1. The largest absolute Gasteiger partial charge is 0.481 e. The van der Waals surface area contributed by atoms with Crippen molar-refractivity contribution < 1.29 is 19.1 Å². The Morgan fingerprint density at radius 3 is 2.08 bits per heavy atom. The summed E-state index contributed by atoms with van der Waals surface area (Å²) >= 11 is 0. The number of benzene rings is 3. The van der Waals surface area contributed by atoms with Gasteiger partial charge in [0.15, 0.2) is 0 Å². The van der Waals surface area contributed by atoms with Crippen LogP contribution in [0.3, 0.4) is 0 Å². The predicted octanol–water partition coefficient (Wildman–Crippen LogP) is 5.81. The maximum absolute atomic E-state index is 12.2. The number of carbonyl (C=O) groups excluding carboxylic acids is 1. The molecule has 3 aromatic carbocycles. The molecule has 0 radical (unpaired) electrons. The van der Waals surface area contributed by atoms with Crippen molar-refractivity contribution >= 4 is 17.6 Å². The van der Waals surface area contributed by atoms with Crippen LogP contribution in [0.5, 0.6) is 0 Å². The Morgan fingerprint density at radius 2 is 1.49 bits per heavy atom. The van der Waals surface area contributed by atoms with Gasteiger partial charge in [0, 0.05) is 28.9 Å². The van der Waals surface area contributed by atoms with E-state index in [1.54, 1.807) is 12.1 Å². The third-order valence-corrected chi connectivity index (χ3v) is 5.83. The summed E-state index contributed by atoms with van der Waals surface area (Å²) in [4.78, 5) is 22.8. The molecule has 190 valence electrons. The number of hydrogen-bond acceptors (Lipinski definition) is 6. The minimum atomic E-state index is -0.946. The third-order valence-electron chi connectivity index (χ3n) is 5.83. The van der Waals surface area contributed by atoms with Crippen LogP contribution in [0.25, 0.3) is 22.9 Å². The first-order valence-electron chi connectivity index (χ1n) is 12.2. The number of carbonyl (C=O) groups is 2. The summed E-state index contributed by atoms with van der Waals surface area (Å²) < 4.78 is 5.88. The highest BCUT2D eigenvalue weighted by atomic mass is 16.4. The van der Waals surface area contributed by atoms with Crippen LogP contribution in [0, 0.1) is 5.92 Å². The van der Waals surface area contributed by atoms with Gasteiger partial charge in [0.2, 0.25) is 11.8 Å². The molecule has 37 heavy (non-hydrogen) atoms. The molecule has 0 saturated carbocycles. The fourth-order valence-electron chi connectivity index (χ4n) is 3.95. The van der Waals surface area contributed by atoms with Crippen LogP contribution in [0.1, 0.15) is 48.7 Å². The molecule has 0 aliphatic heterocycles. The van der Waals surface area contributed by atoms with Crippen LogP contribution in [-0.2, 0) is 4.79 Å². The van der Waals surface area contributed by atoms with Gasteiger partial charge in [-0.2, -0.15) is 0 Å². The first-order valence-corrected chi connectivity index (χ1v) is 12.2. The molecule has 3 N–H and O–H groups in total. The second-order valence-corrected chi connectivity index (χ2v) is 9.20. The maximum Gasteiger partial charge on any atom is 0.305 e. The molecule has 1 atom stereocenters. The molecule has 8 heteroatoms. The first-order chi connectivity index (χ1) is 17.9. The Kier molecular flexibility index (Phi) is 8.30. The zero-order valence-electron chi connectivity index (χ0n) is 20.8. The van der Waals surface area contributed by atoms with E-state index in [0.29, 0.717) is 23.3 Å². The van der Waals surface area contributed by atoms with Crippen molar-refractivity contribution in [2.45, 2.75) is 32.7 Å². The Morgan fingerprint density at radius 1 is 0.865 bits per heavy atom. The minimum absolute atomic E-state index is 0.0619. The Hall–Kier alpha value is -4.46. The first kappa shape index (κ1) is 25.6. The molecule has 1 aromatic heterocycles. The zero-order chi connectivity index (χ0) is 26.2. The van der Waals surface area contributed by atoms with Crippen molar-refractivity contribution in [3.8, 4) is 22.9 Å². The number of carboxylic acids is 1. The van der Waals surface area contributed by atoms with Crippen molar-refractivity contribution in [2.75, 3.05) is 11.9 Å². The van der Waals surface area contributed by atoms with Crippen molar-refractivity contribution in [1.29, 1.82) is 0 Å². The standard InChI is InChI=1S/C29H30N4O4/c1-19(2)18-25(31-24-14-12-21(13-15-24)27(36)30-17-16-26(34)35)20-8-10-23(11-9-20)29-33-32-28(37-29)22-6-4-3-5-7-22/h3-15,19,25,31H,16-18H2,1-2H3,(H,30,36)(H,34,35)/t25-/m1/s1. The van der Waals surface area contributed by atoms with E-state index in [4.69, 9.17) is 9.52 Å². The second kappa shape index (κ2) is 12.0. The Bertz CT molecular complexity index is 1320. The molecule has 0 spiro atoms. The van der Waals surface area contributed by atoms with Crippen LogP contribution >= 0.6 is 0 Å². The summed E-state index contributed by atoms with van der Waals surface area (Å²) in [6.45, 7) is 4.45. The number of nitrogens with one attached hydrogen (secondary N) is 2. The minimum Gasteiger partial charge on any atom is -0.481 e. The molecule has 1 amide bonds. The molecule has 0 saturated heterocycles. The van der Waals surface area contributed by atoms with Gasteiger partial charge in [0.05, 0.1) is 12.5 Å². The quantitative estimate of drug-likeness (QED) is 0.239. The van der Waals surface area contributed by atoms with Crippen molar-refractivity contribution in [3.05, 3.63) is 90.0 Å². The summed E-state index contributed by atoms with van der Waals surface area (Å²) in [5.41, 5.74) is 4.22. The van der Waals surface area contributed by atoms with E-state index in [2.05, 4.69) is 46.8 Å². The summed E-state index contributed by atoms with van der Waals surface area (Å²) in [5.74, 6) is 0.173. The molecule has 4 rings (SSSR count). The molecule has 1 heterocycles. The van der Waals surface area contributed by atoms with E-state index >= 15 is 0 Å². The Balaban J connectivity index is 1.44. The lowest BCUT2D eigenvalue weighted by molar-refractivity contribution is -0.136. The molecule has 0 aliphatic rings. The molecule has 0 fully saturated rings. The van der Waals surface area contributed by atoms with Gasteiger partial charge >= 0.3 is 5.97 Å². The van der Waals surface area contributed by atoms with Crippen molar-refractivity contribution in [3.63, 3.8) is 0 Å². The molecule has 0 unspecified atom stereocenters. The molecule has 8 nitrogen and oxygen atoms in total. The fraction of sp³-hybridized carbons (Fsp3) is 0.241. The van der Waals surface area contributed by atoms with Gasteiger partial charge in [-0.25, -0.2) is 0 Å². The van der Waals surface area contributed by atoms with E-state index in [1.807, 2.05) is 54.6 Å². The highest BCUT2D eigenvalue weighted by Crippen LogP contribution is 2.29. The van der Waals surface area contributed by atoms with Crippen molar-refractivity contribution in [2.24, 2.45) is 5.92 Å². The highest BCUT2D eigenvalue weighted by molar-refractivity contribution is 5.94. The van der Waals surface area contributed by atoms with E-state index in [1.165, 1.54) is 0 Å². The van der Waals surface area contributed by atoms with Gasteiger partial charge in [-0.05, 0) is 66.4 Å². The van der Waals surface area contributed by atoms with Gasteiger partial charge in [-0.15, -0.1) is 10.2 Å². The fourth-order valence-corrected chi connectivity index (χ4v) is 3.95. The summed E-state index contributed by atoms with van der Waals surface area (Å²) in [6, 6.07) is 25.0. The summed E-state index contributed by atoms with van der Waals surface area (Å²) in [5, 5.41) is 23.3. The molecule has 0 bridgehead atoms. The average Bonchev–Trinajstić information content (AvgIpc) is 3.39. The van der Waals surface area contributed by atoms with Crippen LogP contribution in [0.2, 0.25) is 0 Å². The second-order valence-electron chi connectivity index (χ2n) is 9.20. The van der Waals surface area contributed by atoms with Gasteiger partial charge in [-0.3, -0.25) is 9.59 Å². The lowest BCUT2D eigenvalue weighted by atomic mass is 9.96. The van der Waals surface area contributed by atoms with Crippen LogP contribution in [0.15, 0.2) is 83.3 Å². The number of rotatable bonds is 11. The number of anilines is 1. The maximum atomic E-state index is 12.2. The van der Waals surface area contributed by atoms with Crippen LogP contribution in [0.4, 0.5) is 5.69 Å². The number of hydrogen-bond donors (Lipinski definition) is 3. The van der Waals surface area contributed by atoms with E-state index in [9.17, 15) is 9.59 Å². The third kappa shape index (κ3) is 7.04. The number of aliphatic carboxylic acids is 1. The van der Waals surface area contributed by atoms with Crippen LogP contribution < -0.4 is 10.6 Å². The van der Waals surface area contributed by atoms with Gasteiger partial charge in [-0.1, -0.05) is 44.2 Å². The van der Waals surface area contributed by atoms with Crippen LogP contribution in [-0.4, -0.2) is 33.7 Å². The number of nitrogens with zero attached hydrogens (tertiary/aromatic N) is 2. The molecular weight excluding hydrogens is 468 g/mol. The van der Waals surface area contributed by atoms with E-state index in [-0.39, 0.29) is 24.9 Å². The van der Waals surface area contributed by atoms with E-state index in [0.717, 1.165) is 28.8 Å². The number of aromatic nitrogens is 2. The molecule has 4 aromatic rings. The van der Waals surface area contributed by atoms with Gasteiger partial charge in [0.1, 0.15) is 0 Å². The zero-order valence-corrected chi connectivity index (χ0v) is 20.8. The normalized spacial score (nSPS) is 11.8. The van der Waals surface area contributed by atoms with Crippen molar-refractivity contribution in [1.82, 2.24) is 15.5 Å². The predicted molar refractivity (Wildman–Crippen MR) is 142 cm³/mol. The number of carboxylic acid groups (broad SMARTS) is 1. The topological polar surface area (TPSA) is 117 Å². The highest BCUT2D eigenvalue weighted by Gasteiger charge is 2.16. The SMILES string of the molecule is CC(C)C[C@@H](Nc1ccc(C(=O)NCCC(=O)O)cc1)c1ccc(-c2nnc(-c3ccccc3)o2)cc1. The van der Waals surface area contributed by atoms with Gasteiger partial charge < -0.3 is 20.2 Å². The smallest absolute Gasteiger partial charge is 0.305 e. The summed E-state index contributed by atoms with van der Waals surface area (Å²) in [7, 11) is 0. The lowest BCUT2D eigenvalue weighted by Gasteiger charge is -2.22. The van der Waals surface area contributed by atoms with E-state index < -0.39 is 5.97 Å². The molecular formula is C29H30N4O4. The van der Waals surface area contributed by atoms with Gasteiger partial charge in [0.25, 0.3) is 5.91 Å². The molecule has 0 aliphatic carbocycles. The lowest BCUT2D eigenvalue weighted by Crippen LogP contribution is -2.25. The average molecular weight is 499 g/mol. The summed E-state index contributed by atoms with van der Waals surface area (Å²) in [6.07, 6.45) is 0.803. The Labute approximate surface area is 215 Å². The monoisotopic (exact) mass is 498 g/mol.